The number of carbonyl (C=O) groups is 1. The van der Waals surface area contributed by atoms with Crippen LogP contribution >= 0.6 is 12.4 Å². The SMILES string of the molecule is CCc1oc2ccccc2c1CN(C)C(=O)[C@@H](N)Cc1ccccc1.Cl. The van der Waals surface area contributed by atoms with Gasteiger partial charge in [-0.3, -0.25) is 4.79 Å². The van der Waals surface area contributed by atoms with Gasteiger partial charge in [0.05, 0.1) is 6.04 Å². The van der Waals surface area contributed by atoms with E-state index in [9.17, 15) is 4.79 Å². The number of carbonyl (C=O) groups excluding carboxylic acids is 1. The zero-order valence-corrected chi connectivity index (χ0v) is 16.0. The monoisotopic (exact) mass is 372 g/mol. The summed E-state index contributed by atoms with van der Waals surface area (Å²) in [7, 11) is 1.80. The van der Waals surface area contributed by atoms with E-state index in [4.69, 9.17) is 10.2 Å². The molecule has 0 saturated carbocycles. The van der Waals surface area contributed by atoms with Gasteiger partial charge in [0.2, 0.25) is 5.91 Å². The van der Waals surface area contributed by atoms with Crippen molar-refractivity contribution in [2.45, 2.75) is 32.4 Å². The molecule has 1 amide bonds. The van der Waals surface area contributed by atoms with Crippen LogP contribution in [-0.2, 0) is 24.2 Å². The van der Waals surface area contributed by atoms with E-state index >= 15 is 0 Å². The minimum atomic E-state index is -0.546. The zero-order chi connectivity index (χ0) is 17.8. The number of nitrogens with zero attached hydrogens (tertiary/aromatic N) is 1. The van der Waals surface area contributed by atoms with E-state index in [1.165, 1.54) is 0 Å². The molecule has 0 fully saturated rings. The lowest BCUT2D eigenvalue weighted by Crippen LogP contribution is -2.42. The normalized spacial score (nSPS) is 11.8. The van der Waals surface area contributed by atoms with Gasteiger partial charge in [-0.15, -0.1) is 12.4 Å². The van der Waals surface area contributed by atoms with Gasteiger partial charge in [-0.05, 0) is 18.1 Å². The second kappa shape index (κ2) is 8.88. The Morgan fingerprint density at radius 1 is 1.12 bits per heavy atom. The van der Waals surface area contributed by atoms with E-state index in [2.05, 4.69) is 6.92 Å². The highest BCUT2D eigenvalue weighted by molar-refractivity contribution is 5.85. The second-order valence-corrected chi connectivity index (χ2v) is 6.34. The largest absolute Gasteiger partial charge is 0.461 e. The molecule has 0 aliphatic carbocycles. The Kier molecular flexibility index (Phi) is 6.83. The summed E-state index contributed by atoms with van der Waals surface area (Å²) in [6.07, 6.45) is 1.33. The van der Waals surface area contributed by atoms with E-state index in [1.807, 2.05) is 54.6 Å². The van der Waals surface area contributed by atoms with Crippen molar-refractivity contribution in [1.82, 2.24) is 4.90 Å². The van der Waals surface area contributed by atoms with Crippen LogP contribution in [0.4, 0.5) is 0 Å². The average molecular weight is 373 g/mol. The summed E-state index contributed by atoms with van der Waals surface area (Å²) in [6, 6.07) is 17.3. The van der Waals surface area contributed by atoms with Crippen molar-refractivity contribution in [3.63, 3.8) is 0 Å². The number of hydrogen-bond donors (Lipinski definition) is 1. The molecule has 1 heterocycles. The summed E-state index contributed by atoms with van der Waals surface area (Å²) in [6.45, 7) is 2.56. The highest BCUT2D eigenvalue weighted by atomic mass is 35.5. The topological polar surface area (TPSA) is 59.5 Å². The van der Waals surface area contributed by atoms with Crippen LogP contribution in [0.3, 0.4) is 0 Å². The molecule has 138 valence electrons. The molecule has 0 aliphatic heterocycles. The Bertz CT molecular complexity index is 861. The first-order valence-electron chi connectivity index (χ1n) is 8.64. The van der Waals surface area contributed by atoms with Crippen molar-refractivity contribution >= 4 is 29.3 Å². The smallest absolute Gasteiger partial charge is 0.239 e. The molecular formula is C21H25ClN2O2. The first-order valence-corrected chi connectivity index (χ1v) is 8.64. The van der Waals surface area contributed by atoms with Crippen LogP contribution in [0.25, 0.3) is 11.0 Å². The van der Waals surface area contributed by atoms with E-state index in [-0.39, 0.29) is 18.3 Å². The molecule has 1 atom stereocenters. The number of benzene rings is 2. The van der Waals surface area contributed by atoms with Crippen LogP contribution in [0.15, 0.2) is 59.0 Å². The molecule has 0 radical (unpaired) electrons. The summed E-state index contributed by atoms with van der Waals surface area (Å²) >= 11 is 0. The van der Waals surface area contributed by atoms with Crippen LogP contribution in [0.1, 0.15) is 23.8 Å². The third-order valence-corrected chi connectivity index (χ3v) is 4.49. The maximum absolute atomic E-state index is 12.7. The van der Waals surface area contributed by atoms with Crippen LogP contribution in [0.5, 0.6) is 0 Å². The predicted octanol–water partition coefficient (Wildman–Crippen LogP) is 3.95. The molecule has 0 saturated heterocycles. The number of furan rings is 1. The minimum Gasteiger partial charge on any atom is -0.461 e. The fraction of sp³-hybridized carbons (Fsp3) is 0.286. The molecule has 0 spiro atoms. The lowest BCUT2D eigenvalue weighted by molar-refractivity contribution is -0.131. The fourth-order valence-electron chi connectivity index (χ4n) is 3.16. The maximum atomic E-state index is 12.7. The lowest BCUT2D eigenvalue weighted by Gasteiger charge is -2.21. The second-order valence-electron chi connectivity index (χ2n) is 6.34. The van der Waals surface area contributed by atoms with Gasteiger partial charge in [0.25, 0.3) is 0 Å². The van der Waals surface area contributed by atoms with Crippen LogP contribution < -0.4 is 5.73 Å². The predicted molar refractivity (Wildman–Crippen MR) is 107 cm³/mol. The molecule has 0 bridgehead atoms. The number of aryl methyl sites for hydroxylation is 1. The van der Waals surface area contributed by atoms with Gasteiger partial charge in [0.1, 0.15) is 11.3 Å². The number of nitrogens with two attached hydrogens (primary N) is 1. The maximum Gasteiger partial charge on any atom is 0.239 e. The highest BCUT2D eigenvalue weighted by Crippen LogP contribution is 2.27. The lowest BCUT2D eigenvalue weighted by atomic mass is 10.0. The van der Waals surface area contributed by atoms with Crippen molar-refractivity contribution in [2.75, 3.05) is 7.05 Å². The van der Waals surface area contributed by atoms with Gasteiger partial charge in [-0.2, -0.15) is 0 Å². The molecule has 2 aromatic carbocycles. The molecule has 0 aliphatic rings. The summed E-state index contributed by atoms with van der Waals surface area (Å²) in [5.41, 5.74) is 9.15. The van der Waals surface area contributed by atoms with Crippen molar-refractivity contribution in [3.8, 4) is 0 Å². The van der Waals surface area contributed by atoms with Crippen LogP contribution in [-0.4, -0.2) is 23.9 Å². The van der Waals surface area contributed by atoms with Crippen molar-refractivity contribution in [3.05, 3.63) is 71.5 Å². The molecule has 0 unspecified atom stereocenters. The third kappa shape index (κ3) is 4.26. The molecule has 4 nitrogen and oxygen atoms in total. The number of fused-ring (bicyclic) bond motifs is 1. The molecule has 3 aromatic rings. The molecule has 1 aromatic heterocycles. The van der Waals surface area contributed by atoms with Gasteiger partial charge in [-0.25, -0.2) is 0 Å². The van der Waals surface area contributed by atoms with Crippen molar-refractivity contribution in [1.29, 1.82) is 0 Å². The number of likely N-dealkylation sites (N-methyl/N-ethyl adjacent to an activating group) is 1. The Morgan fingerprint density at radius 3 is 2.46 bits per heavy atom. The third-order valence-electron chi connectivity index (χ3n) is 4.49. The molecule has 26 heavy (non-hydrogen) atoms. The Balaban J connectivity index is 0.00000243. The first kappa shape index (κ1) is 20.0. The summed E-state index contributed by atoms with van der Waals surface area (Å²) in [5, 5.41) is 1.07. The fourth-order valence-corrected chi connectivity index (χ4v) is 3.16. The number of rotatable bonds is 6. The van der Waals surface area contributed by atoms with Gasteiger partial charge in [-0.1, -0.05) is 55.5 Å². The molecule has 5 heteroatoms. The van der Waals surface area contributed by atoms with E-state index in [0.717, 1.165) is 34.3 Å². The average Bonchev–Trinajstić information content (AvgIpc) is 2.99. The zero-order valence-electron chi connectivity index (χ0n) is 15.1. The molecule has 3 rings (SSSR count). The van der Waals surface area contributed by atoms with Crippen molar-refractivity contribution < 1.29 is 9.21 Å². The van der Waals surface area contributed by atoms with E-state index < -0.39 is 6.04 Å². The Labute approximate surface area is 160 Å². The van der Waals surface area contributed by atoms with E-state index in [1.54, 1.807) is 11.9 Å². The Morgan fingerprint density at radius 2 is 1.77 bits per heavy atom. The quantitative estimate of drug-likeness (QED) is 0.712. The molecular weight excluding hydrogens is 348 g/mol. The highest BCUT2D eigenvalue weighted by Gasteiger charge is 2.21. The summed E-state index contributed by atoms with van der Waals surface area (Å²) in [5.74, 6) is 0.869. The van der Waals surface area contributed by atoms with Gasteiger partial charge >= 0.3 is 0 Å². The Hall–Kier alpha value is -2.30. The van der Waals surface area contributed by atoms with Gasteiger partial charge < -0.3 is 15.1 Å². The number of amides is 1. The van der Waals surface area contributed by atoms with Crippen molar-refractivity contribution in [2.24, 2.45) is 5.73 Å². The minimum absolute atomic E-state index is 0. The number of para-hydroxylation sites is 1. The summed E-state index contributed by atoms with van der Waals surface area (Å²) in [4.78, 5) is 14.4. The molecule has 2 N–H and O–H groups in total. The van der Waals surface area contributed by atoms with E-state index in [0.29, 0.717) is 13.0 Å². The summed E-state index contributed by atoms with van der Waals surface area (Å²) < 4.78 is 5.92. The van der Waals surface area contributed by atoms with Gasteiger partial charge in [0.15, 0.2) is 0 Å². The standard InChI is InChI=1S/C21H24N2O2.ClH/c1-3-19-17(16-11-7-8-12-20(16)25-19)14-23(2)21(24)18(22)13-15-9-5-4-6-10-15;/h4-12,18H,3,13-14,22H2,1-2H3;1H/t18-;/m0./s1. The number of halogens is 1. The first-order chi connectivity index (χ1) is 12.1. The number of hydrogen-bond acceptors (Lipinski definition) is 3. The van der Waals surface area contributed by atoms with Crippen LogP contribution in [0, 0.1) is 0 Å². The van der Waals surface area contributed by atoms with Gasteiger partial charge in [0, 0.05) is 31.0 Å². The van der Waals surface area contributed by atoms with Crippen LogP contribution in [0.2, 0.25) is 0 Å².